The van der Waals surface area contributed by atoms with Crippen LogP contribution in [0.5, 0.6) is 0 Å². The standard InChI is InChI=1S/C13H23NO/c1-9-7-12(10(2)15-9)8-14-11(3)13(4,5)6/h7,11,14H,8H2,1-6H3. The van der Waals surface area contributed by atoms with Gasteiger partial charge in [-0.15, -0.1) is 0 Å². The lowest BCUT2D eigenvalue weighted by Gasteiger charge is -2.28. The number of furan rings is 1. The zero-order valence-electron chi connectivity index (χ0n) is 10.8. The Kier molecular flexibility index (Phi) is 3.61. The molecule has 1 aromatic heterocycles. The molecule has 0 bridgehead atoms. The van der Waals surface area contributed by atoms with Crippen LogP contribution < -0.4 is 5.32 Å². The molecule has 0 saturated carbocycles. The highest BCUT2D eigenvalue weighted by Crippen LogP contribution is 2.20. The third-order valence-corrected chi connectivity index (χ3v) is 3.04. The minimum Gasteiger partial charge on any atom is -0.466 e. The summed E-state index contributed by atoms with van der Waals surface area (Å²) in [6, 6.07) is 2.60. The van der Waals surface area contributed by atoms with Gasteiger partial charge in [0.1, 0.15) is 11.5 Å². The van der Waals surface area contributed by atoms with E-state index in [0.717, 1.165) is 18.1 Å². The summed E-state index contributed by atoms with van der Waals surface area (Å²) in [7, 11) is 0. The van der Waals surface area contributed by atoms with Crippen molar-refractivity contribution in [2.24, 2.45) is 5.41 Å². The van der Waals surface area contributed by atoms with E-state index in [9.17, 15) is 0 Å². The minimum absolute atomic E-state index is 0.298. The first kappa shape index (κ1) is 12.3. The van der Waals surface area contributed by atoms with Gasteiger partial charge in [0.05, 0.1) is 0 Å². The first-order valence-electron chi connectivity index (χ1n) is 5.60. The summed E-state index contributed by atoms with van der Waals surface area (Å²) in [5, 5.41) is 3.53. The van der Waals surface area contributed by atoms with Crippen LogP contribution in [0.2, 0.25) is 0 Å². The predicted octanol–water partition coefficient (Wildman–Crippen LogP) is 3.42. The predicted molar refractivity (Wildman–Crippen MR) is 63.9 cm³/mol. The van der Waals surface area contributed by atoms with Crippen molar-refractivity contribution < 1.29 is 4.42 Å². The Balaban J connectivity index is 2.54. The molecule has 0 radical (unpaired) electrons. The van der Waals surface area contributed by atoms with Crippen molar-refractivity contribution in [1.82, 2.24) is 5.32 Å². The maximum atomic E-state index is 5.49. The first-order valence-corrected chi connectivity index (χ1v) is 5.60. The van der Waals surface area contributed by atoms with E-state index in [1.165, 1.54) is 5.56 Å². The topological polar surface area (TPSA) is 25.2 Å². The van der Waals surface area contributed by atoms with Crippen molar-refractivity contribution in [2.75, 3.05) is 0 Å². The van der Waals surface area contributed by atoms with E-state index >= 15 is 0 Å². The van der Waals surface area contributed by atoms with Gasteiger partial charge in [0, 0.05) is 18.2 Å². The van der Waals surface area contributed by atoms with Crippen molar-refractivity contribution >= 4 is 0 Å². The normalized spacial score (nSPS) is 14.3. The molecule has 15 heavy (non-hydrogen) atoms. The smallest absolute Gasteiger partial charge is 0.105 e. The molecule has 0 aliphatic heterocycles. The van der Waals surface area contributed by atoms with E-state index in [4.69, 9.17) is 4.42 Å². The van der Waals surface area contributed by atoms with Crippen LogP contribution in [0.1, 0.15) is 44.8 Å². The fourth-order valence-corrected chi connectivity index (χ4v) is 1.43. The van der Waals surface area contributed by atoms with E-state index in [2.05, 4.69) is 39.1 Å². The second-order valence-corrected chi connectivity index (χ2v) is 5.41. The summed E-state index contributed by atoms with van der Waals surface area (Å²) in [4.78, 5) is 0. The summed E-state index contributed by atoms with van der Waals surface area (Å²) < 4.78 is 5.49. The molecule has 1 unspecified atom stereocenters. The van der Waals surface area contributed by atoms with E-state index < -0.39 is 0 Å². The average molecular weight is 209 g/mol. The summed E-state index contributed by atoms with van der Waals surface area (Å²) in [5.74, 6) is 2.02. The SMILES string of the molecule is Cc1cc(CNC(C)C(C)(C)C)c(C)o1. The fourth-order valence-electron chi connectivity index (χ4n) is 1.43. The number of hydrogen-bond donors (Lipinski definition) is 1. The van der Waals surface area contributed by atoms with Gasteiger partial charge in [0.25, 0.3) is 0 Å². The summed E-state index contributed by atoms with van der Waals surface area (Å²) in [5.41, 5.74) is 1.57. The fraction of sp³-hybridized carbons (Fsp3) is 0.692. The minimum atomic E-state index is 0.298. The maximum absolute atomic E-state index is 5.49. The van der Waals surface area contributed by atoms with Crippen LogP contribution in [0.25, 0.3) is 0 Å². The lowest BCUT2D eigenvalue weighted by Crippen LogP contribution is -2.37. The van der Waals surface area contributed by atoms with Crippen molar-refractivity contribution in [3.8, 4) is 0 Å². The van der Waals surface area contributed by atoms with Gasteiger partial charge < -0.3 is 9.73 Å². The number of nitrogens with one attached hydrogen (secondary N) is 1. The molecule has 1 rings (SSSR count). The summed E-state index contributed by atoms with van der Waals surface area (Å²) in [6.45, 7) is 13.9. The van der Waals surface area contributed by atoms with Crippen molar-refractivity contribution in [3.05, 3.63) is 23.2 Å². The lowest BCUT2D eigenvalue weighted by molar-refractivity contribution is 0.284. The van der Waals surface area contributed by atoms with Gasteiger partial charge in [0.2, 0.25) is 0 Å². The third-order valence-electron chi connectivity index (χ3n) is 3.04. The van der Waals surface area contributed by atoms with Gasteiger partial charge in [-0.2, -0.15) is 0 Å². The summed E-state index contributed by atoms with van der Waals surface area (Å²) in [6.07, 6.45) is 0. The molecule has 0 saturated heterocycles. The van der Waals surface area contributed by atoms with E-state index in [0.29, 0.717) is 11.5 Å². The number of rotatable bonds is 3. The maximum Gasteiger partial charge on any atom is 0.105 e. The van der Waals surface area contributed by atoms with Gasteiger partial charge in [-0.1, -0.05) is 20.8 Å². The highest BCUT2D eigenvalue weighted by atomic mass is 16.3. The van der Waals surface area contributed by atoms with Crippen LogP contribution in [0.4, 0.5) is 0 Å². The second kappa shape index (κ2) is 4.40. The van der Waals surface area contributed by atoms with Crippen LogP contribution in [-0.2, 0) is 6.54 Å². The molecule has 0 aromatic carbocycles. The molecular weight excluding hydrogens is 186 g/mol. The van der Waals surface area contributed by atoms with Gasteiger partial charge in [-0.05, 0) is 32.3 Å². The van der Waals surface area contributed by atoms with E-state index in [1.54, 1.807) is 0 Å². The Hall–Kier alpha value is -0.760. The Bertz CT molecular complexity index is 320. The van der Waals surface area contributed by atoms with Gasteiger partial charge in [0.15, 0.2) is 0 Å². The van der Waals surface area contributed by atoms with E-state index in [-0.39, 0.29) is 0 Å². The monoisotopic (exact) mass is 209 g/mol. The van der Waals surface area contributed by atoms with Crippen LogP contribution in [0.3, 0.4) is 0 Å². The van der Waals surface area contributed by atoms with Gasteiger partial charge in [-0.25, -0.2) is 0 Å². The first-order chi connectivity index (χ1) is 6.80. The molecule has 0 amide bonds. The summed E-state index contributed by atoms with van der Waals surface area (Å²) >= 11 is 0. The van der Waals surface area contributed by atoms with Gasteiger partial charge >= 0.3 is 0 Å². The van der Waals surface area contributed by atoms with Crippen LogP contribution in [-0.4, -0.2) is 6.04 Å². The Morgan fingerprint density at radius 2 is 1.93 bits per heavy atom. The zero-order chi connectivity index (χ0) is 11.6. The molecular formula is C13H23NO. The van der Waals surface area contributed by atoms with Crippen molar-refractivity contribution in [3.63, 3.8) is 0 Å². The molecule has 0 aliphatic rings. The zero-order valence-corrected chi connectivity index (χ0v) is 10.8. The van der Waals surface area contributed by atoms with Crippen LogP contribution in [0, 0.1) is 19.3 Å². The van der Waals surface area contributed by atoms with Gasteiger partial charge in [-0.3, -0.25) is 0 Å². The molecule has 1 N–H and O–H groups in total. The van der Waals surface area contributed by atoms with Crippen LogP contribution in [0.15, 0.2) is 10.5 Å². The molecule has 0 fully saturated rings. The molecule has 1 aromatic rings. The lowest BCUT2D eigenvalue weighted by atomic mass is 9.88. The van der Waals surface area contributed by atoms with Crippen molar-refractivity contribution in [1.29, 1.82) is 0 Å². The molecule has 1 heterocycles. The molecule has 2 nitrogen and oxygen atoms in total. The largest absolute Gasteiger partial charge is 0.466 e. The Labute approximate surface area is 93.1 Å². The number of hydrogen-bond acceptors (Lipinski definition) is 2. The molecule has 2 heteroatoms. The van der Waals surface area contributed by atoms with Crippen molar-refractivity contribution in [2.45, 2.75) is 54.1 Å². The Morgan fingerprint density at radius 1 is 1.33 bits per heavy atom. The molecule has 86 valence electrons. The highest BCUT2D eigenvalue weighted by molar-refractivity contribution is 5.19. The average Bonchev–Trinajstić information content (AvgIpc) is 2.39. The third kappa shape index (κ3) is 3.38. The van der Waals surface area contributed by atoms with E-state index in [1.807, 2.05) is 13.8 Å². The molecule has 0 aliphatic carbocycles. The quantitative estimate of drug-likeness (QED) is 0.825. The second-order valence-electron chi connectivity index (χ2n) is 5.41. The molecule has 0 spiro atoms. The highest BCUT2D eigenvalue weighted by Gasteiger charge is 2.19. The Morgan fingerprint density at radius 3 is 2.33 bits per heavy atom. The van der Waals surface area contributed by atoms with Crippen LogP contribution >= 0.6 is 0 Å². The molecule has 1 atom stereocenters. The number of aryl methyl sites for hydroxylation is 2.